The summed E-state index contributed by atoms with van der Waals surface area (Å²) in [6, 6.07) is 0. The number of carboxylic acid groups (broad SMARTS) is 1. The second-order valence-electron chi connectivity index (χ2n) is 2.42. The largest absolute Gasteiger partial charge is 0.481 e. The van der Waals surface area contributed by atoms with Gasteiger partial charge in [-0.1, -0.05) is 6.92 Å². The third-order valence-electron chi connectivity index (χ3n) is 1.29. The zero-order chi connectivity index (χ0) is 7.49. The molecule has 0 saturated carbocycles. The number of rotatable bonds is 3. The highest BCUT2D eigenvalue weighted by molar-refractivity contribution is 5.67. The Morgan fingerprint density at radius 3 is 2.22 bits per heavy atom. The van der Waals surface area contributed by atoms with Crippen molar-refractivity contribution in [1.82, 2.24) is 0 Å². The predicted octanol–water partition coefficient (Wildman–Crippen LogP) is 0.622. The lowest BCUT2D eigenvalue weighted by molar-refractivity contribution is -0.141. The van der Waals surface area contributed by atoms with E-state index in [0.29, 0.717) is 6.42 Å². The smallest absolute Gasteiger partial charge is 0.306 e. The minimum atomic E-state index is -1.04. The summed E-state index contributed by atoms with van der Waals surface area (Å²) in [5.41, 5.74) is -1.04. The summed E-state index contributed by atoms with van der Waals surface area (Å²) < 4.78 is 0. The van der Waals surface area contributed by atoms with Gasteiger partial charge in [0.05, 0.1) is 12.0 Å². The van der Waals surface area contributed by atoms with Crippen LogP contribution in [-0.4, -0.2) is 21.8 Å². The van der Waals surface area contributed by atoms with Crippen LogP contribution in [0, 0.1) is 0 Å². The molecule has 0 aliphatic rings. The van der Waals surface area contributed by atoms with E-state index < -0.39 is 11.6 Å². The van der Waals surface area contributed by atoms with E-state index in [1.807, 2.05) is 0 Å². The lowest BCUT2D eigenvalue weighted by Crippen LogP contribution is -2.26. The van der Waals surface area contributed by atoms with Gasteiger partial charge in [-0.05, 0) is 13.3 Å². The molecule has 0 spiro atoms. The fourth-order valence-electron chi connectivity index (χ4n) is 0.451. The summed E-state index contributed by atoms with van der Waals surface area (Å²) in [7, 11) is 0. The molecule has 9 heavy (non-hydrogen) atoms. The maximum absolute atomic E-state index is 10.0. The fourth-order valence-corrected chi connectivity index (χ4v) is 0.451. The second-order valence-corrected chi connectivity index (χ2v) is 2.42. The molecule has 54 valence electrons. The van der Waals surface area contributed by atoms with Gasteiger partial charge in [0, 0.05) is 0 Å². The first kappa shape index (κ1) is 8.43. The molecule has 0 amide bonds. The van der Waals surface area contributed by atoms with Crippen LogP contribution in [0.4, 0.5) is 0 Å². The average Bonchev–Trinajstić information content (AvgIpc) is 1.63. The first-order valence-electron chi connectivity index (χ1n) is 2.92. The Balaban J connectivity index is 3.71. The monoisotopic (exact) mass is 132 g/mol. The van der Waals surface area contributed by atoms with Crippen LogP contribution in [0.25, 0.3) is 0 Å². The number of aliphatic hydroxyl groups is 1. The summed E-state index contributed by atoms with van der Waals surface area (Å²) in [4.78, 5) is 10.0. The third kappa shape index (κ3) is 3.97. The zero-order valence-corrected chi connectivity index (χ0v) is 5.72. The Bertz CT molecular complexity index is 107. The zero-order valence-electron chi connectivity index (χ0n) is 5.72. The molecule has 2 N–H and O–H groups in total. The Kier molecular flexibility index (Phi) is 2.65. The van der Waals surface area contributed by atoms with E-state index in [1.54, 1.807) is 6.92 Å². The van der Waals surface area contributed by atoms with E-state index in [4.69, 9.17) is 10.2 Å². The molecule has 0 saturated heterocycles. The lowest BCUT2D eigenvalue weighted by Gasteiger charge is -2.17. The van der Waals surface area contributed by atoms with Crippen LogP contribution >= 0.6 is 0 Å². The Morgan fingerprint density at radius 1 is 1.67 bits per heavy atom. The van der Waals surface area contributed by atoms with Gasteiger partial charge in [-0.15, -0.1) is 0 Å². The minimum Gasteiger partial charge on any atom is -0.481 e. The molecule has 0 heterocycles. The van der Waals surface area contributed by atoms with E-state index in [9.17, 15) is 4.79 Å². The number of aliphatic carboxylic acids is 1. The number of hydrogen-bond donors (Lipinski definition) is 2. The van der Waals surface area contributed by atoms with E-state index in [-0.39, 0.29) is 6.42 Å². The highest BCUT2D eigenvalue weighted by atomic mass is 16.4. The van der Waals surface area contributed by atoms with Crippen molar-refractivity contribution in [3.8, 4) is 0 Å². The van der Waals surface area contributed by atoms with Crippen molar-refractivity contribution in [1.29, 1.82) is 0 Å². The van der Waals surface area contributed by atoms with Gasteiger partial charge in [0.1, 0.15) is 0 Å². The molecule has 0 bridgehead atoms. The van der Waals surface area contributed by atoms with Gasteiger partial charge in [-0.3, -0.25) is 4.79 Å². The highest BCUT2D eigenvalue weighted by Crippen LogP contribution is 2.12. The summed E-state index contributed by atoms with van der Waals surface area (Å²) in [5.74, 6) is -0.957. The Morgan fingerprint density at radius 2 is 2.11 bits per heavy atom. The molecule has 0 aromatic heterocycles. The first-order chi connectivity index (χ1) is 3.98. The standard InChI is InChI=1S/C6H12O3/c1-3-6(2,9)4-5(7)8/h9H,3-4H2,1-2H3,(H,7,8). The summed E-state index contributed by atoms with van der Waals surface area (Å²) in [5, 5.41) is 17.3. The molecular formula is C6H12O3. The van der Waals surface area contributed by atoms with Crippen LogP contribution < -0.4 is 0 Å². The summed E-state index contributed by atoms with van der Waals surface area (Å²) in [6.07, 6.45) is 0.294. The van der Waals surface area contributed by atoms with Gasteiger partial charge >= 0.3 is 5.97 Å². The summed E-state index contributed by atoms with van der Waals surface area (Å²) in [6.45, 7) is 3.27. The lowest BCUT2D eigenvalue weighted by atomic mass is 10.00. The van der Waals surface area contributed by atoms with Crippen molar-refractivity contribution in [2.45, 2.75) is 32.3 Å². The van der Waals surface area contributed by atoms with Crippen molar-refractivity contribution in [3.05, 3.63) is 0 Å². The first-order valence-corrected chi connectivity index (χ1v) is 2.92. The minimum absolute atomic E-state index is 0.177. The maximum Gasteiger partial charge on any atom is 0.306 e. The maximum atomic E-state index is 10.0. The average molecular weight is 132 g/mol. The highest BCUT2D eigenvalue weighted by Gasteiger charge is 2.20. The van der Waals surface area contributed by atoms with Crippen molar-refractivity contribution in [2.24, 2.45) is 0 Å². The topological polar surface area (TPSA) is 57.5 Å². The number of hydrogen-bond acceptors (Lipinski definition) is 2. The molecule has 0 radical (unpaired) electrons. The molecule has 3 heteroatoms. The third-order valence-corrected chi connectivity index (χ3v) is 1.29. The molecule has 3 nitrogen and oxygen atoms in total. The van der Waals surface area contributed by atoms with Crippen LogP contribution in [0.1, 0.15) is 26.7 Å². The van der Waals surface area contributed by atoms with Crippen LogP contribution in [0.5, 0.6) is 0 Å². The number of carbonyl (C=O) groups is 1. The van der Waals surface area contributed by atoms with Crippen LogP contribution in [0.3, 0.4) is 0 Å². The van der Waals surface area contributed by atoms with E-state index in [1.165, 1.54) is 6.92 Å². The van der Waals surface area contributed by atoms with Crippen LogP contribution in [0.15, 0.2) is 0 Å². The molecule has 0 aliphatic heterocycles. The number of carboxylic acids is 1. The molecule has 0 aromatic carbocycles. The quantitative estimate of drug-likeness (QED) is 0.592. The van der Waals surface area contributed by atoms with Gasteiger partial charge in [0.2, 0.25) is 0 Å². The van der Waals surface area contributed by atoms with Crippen LogP contribution in [0.2, 0.25) is 0 Å². The van der Waals surface area contributed by atoms with Crippen molar-refractivity contribution < 1.29 is 15.0 Å². The fraction of sp³-hybridized carbons (Fsp3) is 0.833. The van der Waals surface area contributed by atoms with Crippen molar-refractivity contribution in [3.63, 3.8) is 0 Å². The molecule has 1 unspecified atom stereocenters. The van der Waals surface area contributed by atoms with E-state index >= 15 is 0 Å². The van der Waals surface area contributed by atoms with Gasteiger partial charge < -0.3 is 10.2 Å². The SMILES string of the molecule is CCC(C)(O)CC(=O)O. The molecule has 0 rings (SSSR count). The van der Waals surface area contributed by atoms with Gasteiger partial charge in [0.25, 0.3) is 0 Å². The summed E-state index contributed by atoms with van der Waals surface area (Å²) >= 11 is 0. The van der Waals surface area contributed by atoms with E-state index in [0.717, 1.165) is 0 Å². The molecule has 1 atom stereocenters. The molecular weight excluding hydrogens is 120 g/mol. The molecule has 0 aromatic rings. The van der Waals surface area contributed by atoms with Gasteiger partial charge in [-0.25, -0.2) is 0 Å². The van der Waals surface area contributed by atoms with Crippen molar-refractivity contribution >= 4 is 5.97 Å². The van der Waals surface area contributed by atoms with Gasteiger partial charge in [-0.2, -0.15) is 0 Å². The second kappa shape index (κ2) is 2.82. The molecule has 0 fully saturated rings. The van der Waals surface area contributed by atoms with Gasteiger partial charge in [0.15, 0.2) is 0 Å². The van der Waals surface area contributed by atoms with Crippen molar-refractivity contribution in [2.75, 3.05) is 0 Å². The Labute approximate surface area is 54.3 Å². The Hall–Kier alpha value is -0.570. The van der Waals surface area contributed by atoms with Crippen LogP contribution in [-0.2, 0) is 4.79 Å². The van der Waals surface area contributed by atoms with E-state index in [2.05, 4.69) is 0 Å². The molecule has 0 aliphatic carbocycles. The normalized spacial score (nSPS) is 16.8. The predicted molar refractivity (Wildman–Crippen MR) is 33.2 cm³/mol.